The van der Waals surface area contributed by atoms with E-state index in [1.54, 1.807) is 0 Å². The lowest BCUT2D eigenvalue weighted by Crippen LogP contribution is -2.11. The van der Waals surface area contributed by atoms with Crippen LogP contribution in [0.2, 0.25) is 0 Å². The molecule has 0 amide bonds. The molecule has 1 aliphatic rings. The summed E-state index contributed by atoms with van der Waals surface area (Å²) in [6.45, 7) is 0.707. The Balaban J connectivity index is 1.03. The standard InChI is InChI=1S/C37H26N4/c1-2-8-30-26(6-1)7-5-10-31(30)28-15-19-35(40-23-28)34-18-14-27(22-39-34)25-12-16-29(17-13-25)41-36-11-4-3-9-32(36)33-24-38-21-20-37(33)41/h1-21,23-24,27H,22H2. The number of aliphatic imine (C=N–C) groups is 1. The Hall–Kier alpha value is -5.35. The molecule has 4 nitrogen and oxygen atoms in total. The first kappa shape index (κ1) is 23.5. The van der Waals surface area contributed by atoms with Crippen LogP contribution in [0, 0.1) is 0 Å². The van der Waals surface area contributed by atoms with Gasteiger partial charge in [-0.05, 0) is 58.3 Å². The quantitative estimate of drug-likeness (QED) is 0.231. The number of allylic oxidation sites excluding steroid dienone is 1. The van der Waals surface area contributed by atoms with Crippen LogP contribution < -0.4 is 0 Å². The van der Waals surface area contributed by atoms with Crippen molar-refractivity contribution in [2.24, 2.45) is 4.99 Å². The summed E-state index contributed by atoms with van der Waals surface area (Å²) in [7, 11) is 0. The molecule has 7 aromatic rings. The molecule has 41 heavy (non-hydrogen) atoms. The molecular formula is C37H26N4. The number of rotatable bonds is 4. The molecule has 0 saturated carbocycles. The zero-order chi connectivity index (χ0) is 27.2. The van der Waals surface area contributed by atoms with Crippen LogP contribution in [-0.2, 0) is 0 Å². The SMILES string of the molecule is C1=CC(c2ccc(-n3c4ccccc4c4cnccc43)cc2)CN=C1c1ccc(-c2cccc3ccccc23)cn1. The van der Waals surface area contributed by atoms with E-state index in [1.165, 1.54) is 43.7 Å². The number of fused-ring (bicyclic) bond motifs is 4. The Morgan fingerprint density at radius 2 is 1.46 bits per heavy atom. The number of benzene rings is 4. The topological polar surface area (TPSA) is 43.1 Å². The molecule has 0 bridgehead atoms. The van der Waals surface area contributed by atoms with Gasteiger partial charge >= 0.3 is 0 Å². The lowest BCUT2D eigenvalue weighted by molar-refractivity contribution is 0.840. The van der Waals surface area contributed by atoms with Crippen LogP contribution in [0.15, 0.2) is 145 Å². The van der Waals surface area contributed by atoms with Crippen molar-refractivity contribution in [2.75, 3.05) is 6.54 Å². The number of hydrogen-bond acceptors (Lipinski definition) is 3. The zero-order valence-corrected chi connectivity index (χ0v) is 22.4. The maximum atomic E-state index is 4.92. The van der Waals surface area contributed by atoms with E-state index in [0.717, 1.165) is 22.7 Å². The molecule has 194 valence electrons. The van der Waals surface area contributed by atoms with E-state index < -0.39 is 0 Å². The third kappa shape index (κ3) is 4.04. The third-order valence-electron chi connectivity index (χ3n) is 8.12. The van der Waals surface area contributed by atoms with Gasteiger partial charge in [0.15, 0.2) is 0 Å². The van der Waals surface area contributed by atoms with Crippen molar-refractivity contribution in [1.82, 2.24) is 14.5 Å². The molecule has 4 aromatic carbocycles. The minimum atomic E-state index is 0.241. The highest BCUT2D eigenvalue weighted by molar-refractivity contribution is 6.09. The Morgan fingerprint density at radius 3 is 2.29 bits per heavy atom. The number of para-hydroxylation sites is 1. The van der Waals surface area contributed by atoms with Gasteiger partial charge < -0.3 is 4.57 Å². The van der Waals surface area contributed by atoms with Crippen LogP contribution in [0.3, 0.4) is 0 Å². The van der Waals surface area contributed by atoms with Crippen molar-refractivity contribution in [2.45, 2.75) is 5.92 Å². The van der Waals surface area contributed by atoms with Gasteiger partial charge in [-0.15, -0.1) is 0 Å². The van der Waals surface area contributed by atoms with Crippen LogP contribution in [-0.4, -0.2) is 26.8 Å². The smallest absolute Gasteiger partial charge is 0.0881 e. The van der Waals surface area contributed by atoms with E-state index in [1.807, 2.05) is 18.6 Å². The van der Waals surface area contributed by atoms with Crippen LogP contribution in [0.1, 0.15) is 17.2 Å². The number of aromatic nitrogens is 3. The summed E-state index contributed by atoms with van der Waals surface area (Å²) in [5.41, 5.74) is 8.91. The summed E-state index contributed by atoms with van der Waals surface area (Å²) < 4.78 is 2.32. The minimum absolute atomic E-state index is 0.241. The van der Waals surface area contributed by atoms with Crippen molar-refractivity contribution >= 4 is 38.3 Å². The predicted octanol–water partition coefficient (Wildman–Crippen LogP) is 8.54. The largest absolute Gasteiger partial charge is 0.309 e. The summed E-state index contributed by atoms with van der Waals surface area (Å²) >= 11 is 0. The highest BCUT2D eigenvalue weighted by atomic mass is 15.0. The van der Waals surface area contributed by atoms with Gasteiger partial charge in [0.2, 0.25) is 0 Å². The van der Waals surface area contributed by atoms with Crippen molar-refractivity contribution in [3.05, 3.63) is 151 Å². The Labute approximate surface area is 238 Å². The van der Waals surface area contributed by atoms with Gasteiger partial charge in [-0.25, -0.2) is 0 Å². The van der Waals surface area contributed by atoms with Gasteiger partial charge in [0.25, 0.3) is 0 Å². The first-order chi connectivity index (χ1) is 20.3. The van der Waals surface area contributed by atoms with Crippen LogP contribution in [0.4, 0.5) is 0 Å². The number of pyridine rings is 2. The van der Waals surface area contributed by atoms with Crippen LogP contribution in [0.25, 0.3) is 49.4 Å². The van der Waals surface area contributed by atoms with E-state index in [2.05, 4.69) is 131 Å². The van der Waals surface area contributed by atoms with Crippen LogP contribution >= 0.6 is 0 Å². The Bertz CT molecular complexity index is 2060. The molecule has 3 aromatic heterocycles. The molecule has 1 atom stereocenters. The molecule has 4 heterocycles. The second kappa shape index (κ2) is 9.68. The molecule has 0 spiro atoms. The summed E-state index contributed by atoms with van der Waals surface area (Å²) in [5, 5.41) is 4.86. The summed E-state index contributed by atoms with van der Waals surface area (Å²) in [6, 6.07) is 38.6. The first-order valence-corrected chi connectivity index (χ1v) is 13.9. The second-order valence-corrected chi connectivity index (χ2v) is 10.5. The van der Waals surface area contributed by atoms with Gasteiger partial charge in [0.05, 0.1) is 29.0 Å². The van der Waals surface area contributed by atoms with Gasteiger partial charge in [-0.2, -0.15) is 0 Å². The molecule has 0 N–H and O–H groups in total. The number of nitrogens with zero attached hydrogens (tertiary/aromatic N) is 4. The average Bonchev–Trinajstić information content (AvgIpc) is 3.39. The molecule has 0 radical (unpaired) electrons. The highest BCUT2D eigenvalue weighted by Crippen LogP contribution is 2.32. The van der Waals surface area contributed by atoms with Gasteiger partial charge in [0.1, 0.15) is 0 Å². The fourth-order valence-corrected chi connectivity index (χ4v) is 6.05. The molecule has 0 saturated heterocycles. The van der Waals surface area contributed by atoms with Gasteiger partial charge in [0, 0.05) is 46.5 Å². The molecule has 4 heteroatoms. The molecule has 0 aliphatic carbocycles. The van der Waals surface area contributed by atoms with E-state index in [4.69, 9.17) is 9.98 Å². The monoisotopic (exact) mass is 526 g/mol. The predicted molar refractivity (Wildman–Crippen MR) is 169 cm³/mol. The molecule has 0 fully saturated rings. The van der Waals surface area contributed by atoms with Crippen molar-refractivity contribution in [3.63, 3.8) is 0 Å². The van der Waals surface area contributed by atoms with Gasteiger partial charge in [-0.3, -0.25) is 15.0 Å². The highest BCUT2D eigenvalue weighted by Gasteiger charge is 2.16. The maximum absolute atomic E-state index is 4.92. The minimum Gasteiger partial charge on any atom is -0.309 e. The molecule has 1 aliphatic heterocycles. The third-order valence-corrected chi connectivity index (χ3v) is 8.12. The maximum Gasteiger partial charge on any atom is 0.0881 e. The van der Waals surface area contributed by atoms with Crippen molar-refractivity contribution in [1.29, 1.82) is 0 Å². The summed E-state index contributed by atoms with van der Waals surface area (Å²) in [5.74, 6) is 0.241. The fourth-order valence-electron chi connectivity index (χ4n) is 6.05. The summed E-state index contributed by atoms with van der Waals surface area (Å²) in [6.07, 6.45) is 10.1. The second-order valence-electron chi connectivity index (χ2n) is 10.5. The molecular weight excluding hydrogens is 500 g/mol. The van der Waals surface area contributed by atoms with Crippen molar-refractivity contribution < 1.29 is 0 Å². The van der Waals surface area contributed by atoms with E-state index in [-0.39, 0.29) is 5.92 Å². The number of hydrogen-bond donors (Lipinski definition) is 0. The number of dihydropyridines is 1. The molecule has 1 unspecified atom stereocenters. The van der Waals surface area contributed by atoms with E-state index >= 15 is 0 Å². The van der Waals surface area contributed by atoms with Crippen molar-refractivity contribution in [3.8, 4) is 16.8 Å². The Kier molecular flexibility index (Phi) is 5.56. The lowest BCUT2D eigenvalue weighted by atomic mass is 9.95. The lowest BCUT2D eigenvalue weighted by Gasteiger charge is -2.17. The van der Waals surface area contributed by atoms with E-state index in [9.17, 15) is 0 Å². The molecule has 8 rings (SSSR count). The zero-order valence-electron chi connectivity index (χ0n) is 22.4. The normalized spacial score (nSPS) is 15.0. The van der Waals surface area contributed by atoms with E-state index in [0.29, 0.717) is 6.54 Å². The average molecular weight is 527 g/mol. The Morgan fingerprint density at radius 1 is 0.659 bits per heavy atom. The van der Waals surface area contributed by atoms with Crippen LogP contribution in [0.5, 0.6) is 0 Å². The fraction of sp³-hybridized carbons (Fsp3) is 0.0541. The summed E-state index contributed by atoms with van der Waals surface area (Å²) in [4.78, 5) is 14.1. The first-order valence-electron chi connectivity index (χ1n) is 13.9. The van der Waals surface area contributed by atoms with Gasteiger partial charge in [-0.1, -0.05) is 84.9 Å².